The third-order valence-corrected chi connectivity index (χ3v) is 0.698. The van der Waals surface area contributed by atoms with Gasteiger partial charge in [-0.2, -0.15) is 15.8 Å². The summed E-state index contributed by atoms with van der Waals surface area (Å²) in [5.74, 6) is 0. The smallest absolute Gasteiger partial charge is 0.0618 e. The number of nitrogens with zero attached hydrogens (tertiary/aromatic N) is 3. The summed E-state index contributed by atoms with van der Waals surface area (Å²) in [4.78, 5) is 0. The Morgan fingerprint density at radius 3 is 0.875 bits per heavy atom. The van der Waals surface area contributed by atoms with Crippen LogP contribution in [0.2, 0.25) is 0 Å². The maximum Gasteiger partial charge on any atom is 0.0618 e. The second-order valence-corrected chi connectivity index (χ2v) is 2.26. The molecule has 16 heavy (non-hydrogen) atoms. The molecule has 1 N–H and O–H groups in total. The van der Waals surface area contributed by atoms with Crippen LogP contribution in [-0.2, 0) is 0 Å². The van der Waals surface area contributed by atoms with Crippen molar-refractivity contribution in [1.29, 1.82) is 15.8 Å². The van der Waals surface area contributed by atoms with Crippen molar-refractivity contribution in [2.24, 2.45) is 0 Å². The van der Waals surface area contributed by atoms with Crippen molar-refractivity contribution >= 4 is 0 Å². The summed E-state index contributed by atoms with van der Waals surface area (Å²) >= 11 is 0. The van der Waals surface area contributed by atoms with Crippen LogP contribution >= 0.6 is 0 Å². The van der Waals surface area contributed by atoms with E-state index in [0.29, 0.717) is 25.9 Å². The third kappa shape index (κ3) is 275. The van der Waals surface area contributed by atoms with E-state index in [-0.39, 0.29) is 0 Å². The van der Waals surface area contributed by atoms with Crippen LogP contribution in [0.25, 0.3) is 0 Å². The average molecular weight is 225 g/mol. The minimum absolute atomic E-state index is 0.319. The maximum atomic E-state index is 7.88. The maximum absolute atomic E-state index is 7.88. The Morgan fingerprint density at radius 1 is 0.750 bits per heavy atom. The van der Waals surface area contributed by atoms with Crippen molar-refractivity contribution in [3.05, 3.63) is 0 Å². The van der Waals surface area contributed by atoms with Gasteiger partial charge in [-0.15, -0.1) is 0 Å². The van der Waals surface area contributed by atoms with Crippen LogP contribution in [0.1, 0.15) is 53.4 Å². The number of hydrogen-bond donors (Lipinski definition) is 1. The minimum atomic E-state index is 0.319. The van der Waals surface area contributed by atoms with E-state index in [0.717, 1.165) is 6.42 Å². The Bertz CT molecular complexity index is 160. The van der Waals surface area contributed by atoms with Crippen LogP contribution in [0.3, 0.4) is 0 Å². The zero-order valence-corrected chi connectivity index (χ0v) is 10.8. The van der Waals surface area contributed by atoms with Crippen molar-refractivity contribution in [1.82, 2.24) is 0 Å². The molecule has 0 aliphatic carbocycles. The van der Waals surface area contributed by atoms with Gasteiger partial charge >= 0.3 is 0 Å². The summed E-state index contributed by atoms with van der Waals surface area (Å²) in [6.07, 6.45) is 2.75. The fourth-order valence-electron chi connectivity index (χ4n) is 0. The molecule has 0 aromatic carbocycles. The molecule has 0 atom stereocenters. The number of nitriles is 3. The largest absolute Gasteiger partial charge is 0.396 e. The second-order valence-electron chi connectivity index (χ2n) is 2.26. The lowest BCUT2D eigenvalue weighted by Crippen LogP contribution is -1.69. The van der Waals surface area contributed by atoms with Crippen molar-refractivity contribution in [2.45, 2.75) is 53.4 Å². The van der Waals surface area contributed by atoms with E-state index in [2.05, 4.69) is 0 Å². The average Bonchev–Trinajstić information content (AvgIpc) is 2.39. The molecule has 0 aliphatic heterocycles. The first-order valence-electron chi connectivity index (χ1n) is 5.38. The molecule has 0 aromatic rings. The summed E-state index contributed by atoms with van der Waals surface area (Å²) in [6.45, 7) is 7.71. The molecular formula is C12H23N3O. The Kier molecular flexibility index (Phi) is 75.0. The number of aliphatic hydroxyl groups is 1. The van der Waals surface area contributed by atoms with Gasteiger partial charge in [-0.1, -0.05) is 27.7 Å². The van der Waals surface area contributed by atoms with Gasteiger partial charge in [0.25, 0.3) is 0 Å². The van der Waals surface area contributed by atoms with Gasteiger partial charge in [-0.3, -0.25) is 0 Å². The highest BCUT2D eigenvalue weighted by Crippen LogP contribution is 1.61. The first kappa shape index (κ1) is 23.9. The zero-order chi connectivity index (χ0) is 13.7. The first-order chi connectivity index (χ1) is 7.66. The summed E-state index contributed by atoms with van der Waals surface area (Å²) in [5, 5.41) is 30.8. The molecule has 0 bridgehead atoms. The van der Waals surface area contributed by atoms with Crippen molar-refractivity contribution in [3.63, 3.8) is 0 Å². The van der Waals surface area contributed by atoms with E-state index in [4.69, 9.17) is 20.9 Å². The van der Waals surface area contributed by atoms with Crippen molar-refractivity contribution < 1.29 is 5.11 Å². The zero-order valence-electron chi connectivity index (χ0n) is 10.8. The third-order valence-electron chi connectivity index (χ3n) is 0.698. The van der Waals surface area contributed by atoms with E-state index < -0.39 is 0 Å². The van der Waals surface area contributed by atoms with E-state index in [1.165, 1.54) is 0 Å². The fraction of sp³-hybridized carbons (Fsp3) is 0.750. The van der Waals surface area contributed by atoms with Gasteiger partial charge in [0.05, 0.1) is 18.2 Å². The molecule has 0 spiro atoms. The van der Waals surface area contributed by atoms with Crippen LogP contribution in [0.4, 0.5) is 0 Å². The first-order valence-corrected chi connectivity index (χ1v) is 5.38. The lowest BCUT2D eigenvalue weighted by Gasteiger charge is -1.69. The molecular weight excluding hydrogens is 202 g/mol. The quantitative estimate of drug-likeness (QED) is 0.742. The van der Waals surface area contributed by atoms with E-state index in [1.807, 2.05) is 45.9 Å². The normalized spacial score (nSPS) is 5.62. The van der Waals surface area contributed by atoms with Gasteiger partial charge in [-0.05, 0) is 6.42 Å². The minimum Gasteiger partial charge on any atom is -0.396 e. The van der Waals surface area contributed by atoms with E-state index in [9.17, 15) is 0 Å². The predicted octanol–water partition coefficient (Wildman–Crippen LogP) is 3.15. The van der Waals surface area contributed by atoms with E-state index >= 15 is 0 Å². The molecule has 92 valence electrons. The van der Waals surface area contributed by atoms with Gasteiger partial charge in [0.1, 0.15) is 0 Å². The number of hydrogen-bond acceptors (Lipinski definition) is 4. The highest BCUT2D eigenvalue weighted by Gasteiger charge is 1.57. The second kappa shape index (κ2) is 50.2. The number of aliphatic hydroxyl groups excluding tert-OH is 1. The summed E-state index contributed by atoms with van der Waals surface area (Å²) in [7, 11) is 0. The van der Waals surface area contributed by atoms with Crippen LogP contribution in [0, 0.1) is 34.0 Å². The topological polar surface area (TPSA) is 91.6 Å². The van der Waals surface area contributed by atoms with Gasteiger partial charge in [0.15, 0.2) is 0 Å². The Morgan fingerprint density at radius 2 is 0.875 bits per heavy atom. The fourth-order valence-corrected chi connectivity index (χ4v) is 0. The molecule has 0 aliphatic rings. The highest BCUT2D eigenvalue weighted by molar-refractivity contribution is 4.62. The van der Waals surface area contributed by atoms with Gasteiger partial charge in [0.2, 0.25) is 0 Å². The lowest BCUT2D eigenvalue weighted by atomic mass is 10.5. The molecule has 0 radical (unpaired) electrons. The summed E-state index contributed by atoms with van der Waals surface area (Å²) < 4.78 is 0. The highest BCUT2D eigenvalue weighted by atomic mass is 16.2. The van der Waals surface area contributed by atoms with Gasteiger partial charge in [0, 0.05) is 25.9 Å². The molecule has 0 rings (SSSR count). The van der Waals surface area contributed by atoms with Crippen LogP contribution in [0.15, 0.2) is 0 Å². The molecule has 0 unspecified atom stereocenters. The molecule has 4 nitrogen and oxygen atoms in total. The standard InChI is InChI=1S/3C3H5N.C3H8O/c4*1-2-3-4/h3*2H2,1H3;4H,2-3H2,1H3. The van der Waals surface area contributed by atoms with Gasteiger partial charge in [-0.25, -0.2) is 0 Å². The molecule has 0 amide bonds. The van der Waals surface area contributed by atoms with Crippen molar-refractivity contribution in [3.8, 4) is 18.2 Å². The Balaban J connectivity index is -0.0000000600. The molecule has 0 aromatic heterocycles. The van der Waals surface area contributed by atoms with Crippen LogP contribution < -0.4 is 0 Å². The Hall–Kier alpha value is -1.57. The molecule has 4 heteroatoms. The van der Waals surface area contributed by atoms with Crippen LogP contribution in [-0.4, -0.2) is 11.7 Å². The molecule has 0 heterocycles. The predicted molar refractivity (Wildman–Crippen MR) is 65.1 cm³/mol. The van der Waals surface area contributed by atoms with Crippen molar-refractivity contribution in [2.75, 3.05) is 6.61 Å². The Labute approximate surface area is 99.7 Å². The SMILES string of the molecule is CCC#N.CCC#N.CCC#N.CCCO. The van der Waals surface area contributed by atoms with E-state index in [1.54, 1.807) is 0 Å². The molecule has 0 saturated carbocycles. The molecule has 0 saturated heterocycles. The summed E-state index contributed by atoms with van der Waals surface area (Å²) in [6, 6.07) is 5.79. The number of rotatable bonds is 1. The van der Waals surface area contributed by atoms with Gasteiger partial charge < -0.3 is 5.11 Å². The molecule has 0 fully saturated rings. The van der Waals surface area contributed by atoms with Crippen LogP contribution in [0.5, 0.6) is 0 Å². The lowest BCUT2D eigenvalue weighted by molar-refractivity contribution is 0.295. The summed E-state index contributed by atoms with van der Waals surface area (Å²) in [5.41, 5.74) is 0. The monoisotopic (exact) mass is 225 g/mol.